The number of hydrogen-bond acceptors (Lipinski definition) is 7. The number of sulfone groups is 1. The molecule has 0 bridgehead atoms. The van der Waals surface area contributed by atoms with Gasteiger partial charge in [-0.05, 0) is 44.4 Å². The van der Waals surface area contributed by atoms with E-state index in [1.807, 2.05) is 4.90 Å². The molecule has 34 heavy (non-hydrogen) atoms. The van der Waals surface area contributed by atoms with E-state index in [1.54, 1.807) is 29.8 Å². The summed E-state index contributed by atoms with van der Waals surface area (Å²) in [6.07, 6.45) is 4.15. The SMILES string of the molecule is Cc1nn(C2CCS(=O)(=O)C2)c2nc(-c3ccco3)cc(C(=O)NCCCN3CCCC3=O)c12. The van der Waals surface area contributed by atoms with Crippen molar-refractivity contribution < 1.29 is 22.4 Å². The maximum atomic E-state index is 13.2. The predicted octanol–water partition coefficient (Wildman–Crippen LogP) is 2.10. The fourth-order valence-electron chi connectivity index (χ4n) is 4.77. The molecule has 11 heteroatoms. The van der Waals surface area contributed by atoms with Gasteiger partial charge < -0.3 is 14.6 Å². The van der Waals surface area contributed by atoms with Gasteiger partial charge in [0, 0.05) is 26.1 Å². The van der Waals surface area contributed by atoms with Crippen LogP contribution in [0.5, 0.6) is 0 Å². The number of fused-ring (bicyclic) bond motifs is 1. The number of pyridine rings is 1. The highest BCUT2D eigenvalue weighted by Crippen LogP contribution is 2.32. The van der Waals surface area contributed by atoms with Crippen molar-refractivity contribution in [1.29, 1.82) is 0 Å². The molecule has 1 N–H and O–H groups in total. The number of nitrogens with one attached hydrogen (secondary N) is 1. The molecule has 2 fully saturated rings. The number of aryl methyl sites for hydroxylation is 1. The van der Waals surface area contributed by atoms with E-state index in [2.05, 4.69) is 10.4 Å². The quantitative estimate of drug-likeness (QED) is 0.508. The zero-order valence-electron chi connectivity index (χ0n) is 19.0. The van der Waals surface area contributed by atoms with Crippen LogP contribution in [-0.4, -0.2) is 71.0 Å². The second-order valence-corrected chi connectivity index (χ2v) is 11.1. The Morgan fingerprint density at radius 1 is 1.35 bits per heavy atom. The molecule has 3 aromatic rings. The van der Waals surface area contributed by atoms with Crippen molar-refractivity contribution in [3.05, 3.63) is 35.7 Å². The molecule has 10 nitrogen and oxygen atoms in total. The molecular weight excluding hydrogens is 458 g/mol. The number of hydrogen-bond donors (Lipinski definition) is 1. The number of carbonyl (C=O) groups excluding carboxylic acids is 2. The molecule has 2 aliphatic heterocycles. The Labute approximate surface area is 197 Å². The molecule has 0 saturated carbocycles. The zero-order valence-corrected chi connectivity index (χ0v) is 19.8. The summed E-state index contributed by atoms with van der Waals surface area (Å²) in [4.78, 5) is 31.6. The number of amides is 2. The molecule has 0 spiro atoms. The van der Waals surface area contributed by atoms with Crippen LogP contribution in [0.3, 0.4) is 0 Å². The van der Waals surface area contributed by atoms with Gasteiger partial charge in [0.15, 0.2) is 21.2 Å². The Morgan fingerprint density at radius 2 is 2.21 bits per heavy atom. The van der Waals surface area contributed by atoms with Gasteiger partial charge in [-0.1, -0.05) is 0 Å². The van der Waals surface area contributed by atoms with Crippen molar-refractivity contribution in [3.8, 4) is 11.5 Å². The number of carbonyl (C=O) groups is 2. The third kappa shape index (κ3) is 4.31. The van der Waals surface area contributed by atoms with E-state index in [-0.39, 0.29) is 29.4 Å². The highest BCUT2D eigenvalue weighted by molar-refractivity contribution is 7.91. The van der Waals surface area contributed by atoms with Gasteiger partial charge >= 0.3 is 0 Å². The molecule has 2 saturated heterocycles. The Bertz CT molecular complexity index is 1350. The molecule has 1 atom stereocenters. The lowest BCUT2D eigenvalue weighted by Gasteiger charge is -2.15. The first kappa shape index (κ1) is 22.6. The Hall–Kier alpha value is -3.21. The first-order chi connectivity index (χ1) is 16.3. The van der Waals surface area contributed by atoms with E-state index < -0.39 is 9.84 Å². The minimum absolute atomic E-state index is 0.00658. The van der Waals surface area contributed by atoms with Gasteiger partial charge in [0.05, 0.1) is 40.5 Å². The van der Waals surface area contributed by atoms with Crippen LogP contribution >= 0.6 is 0 Å². The fourth-order valence-corrected chi connectivity index (χ4v) is 6.47. The van der Waals surface area contributed by atoms with Crippen molar-refractivity contribution >= 4 is 32.7 Å². The van der Waals surface area contributed by atoms with Crippen molar-refractivity contribution in [2.45, 2.75) is 38.6 Å². The molecule has 0 aliphatic carbocycles. The fraction of sp³-hybridized carbons (Fsp3) is 0.478. The standard InChI is InChI=1S/C23H27N5O5S/c1-15-21-17(23(30)24-8-4-10-27-9-2-6-20(27)29)13-18(19-5-3-11-33-19)25-22(21)28(26-15)16-7-12-34(31,32)14-16/h3,5,11,13,16H,2,4,6-10,12,14H2,1H3,(H,24,30). The smallest absolute Gasteiger partial charge is 0.252 e. The van der Waals surface area contributed by atoms with Crippen LogP contribution in [0.2, 0.25) is 0 Å². The number of rotatable bonds is 7. The summed E-state index contributed by atoms with van der Waals surface area (Å²) in [5.74, 6) is 0.528. The topological polar surface area (TPSA) is 127 Å². The Morgan fingerprint density at radius 3 is 2.88 bits per heavy atom. The van der Waals surface area contributed by atoms with E-state index in [0.717, 1.165) is 13.0 Å². The maximum absolute atomic E-state index is 13.2. The molecular formula is C23H27N5O5S. The van der Waals surface area contributed by atoms with Gasteiger partial charge in [-0.15, -0.1) is 0 Å². The van der Waals surface area contributed by atoms with Crippen LogP contribution in [0, 0.1) is 6.92 Å². The first-order valence-electron chi connectivity index (χ1n) is 11.5. The lowest BCUT2D eigenvalue weighted by molar-refractivity contribution is -0.127. The first-order valence-corrected chi connectivity index (χ1v) is 13.3. The summed E-state index contributed by atoms with van der Waals surface area (Å²) < 4.78 is 31.3. The third-order valence-electron chi connectivity index (χ3n) is 6.47. The molecule has 2 amide bonds. The molecule has 0 radical (unpaired) electrons. The monoisotopic (exact) mass is 485 g/mol. The summed E-state index contributed by atoms with van der Waals surface area (Å²) in [6, 6.07) is 4.86. The van der Waals surface area contributed by atoms with Gasteiger partial charge in [-0.3, -0.25) is 9.59 Å². The predicted molar refractivity (Wildman–Crippen MR) is 125 cm³/mol. The van der Waals surface area contributed by atoms with Gasteiger partial charge in [-0.25, -0.2) is 18.1 Å². The van der Waals surface area contributed by atoms with Crippen molar-refractivity contribution in [2.75, 3.05) is 31.1 Å². The zero-order chi connectivity index (χ0) is 23.9. The normalized spacial score (nSPS) is 19.9. The highest BCUT2D eigenvalue weighted by Gasteiger charge is 2.32. The van der Waals surface area contributed by atoms with Crippen LogP contribution in [0.1, 0.15) is 47.8 Å². The number of likely N-dealkylation sites (tertiary alicyclic amines) is 1. The maximum Gasteiger partial charge on any atom is 0.252 e. The second-order valence-electron chi connectivity index (χ2n) is 8.91. The number of nitrogens with zero attached hydrogens (tertiary/aromatic N) is 4. The van der Waals surface area contributed by atoms with E-state index >= 15 is 0 Å². The molecule has 1 unspecified atom stereocenters. The molecule has 5 heterocycles. The number of furan rings is 1. The Balaban J connectivity index is 1.45. The van der Waals surface area contributed by atoms with Crippen LogP contribution in [-0.2, 0) is 14.6 Å². The lowest BCUT2D eigenvalue weighted by atomic mass is 10.1. The Kier molecular flexibility index (Phi) is 5.88. The van der Waals surface area contributed by atoms with Crippen LogP contribution in [0.4, 0.5) is 0 Å². The van der Waals surface area contributed by atoms with Gasteiger partial charge in [0.2, 0.25) is 5.91 Å². The average Bonchev–Trinajstić information content (AvgIpc) is 3.59. The van der Waals surface area contributed by atoms with Crippen LogP contribution < -0.4 is 5.32 Å². The number of aromatic nitrogens is 3. The molecule has 3 aromatic heterocycles. The van der Waals surface area contributed by atoms with E-state index in [0.29, 0.717) is 66.1 Å². The largest absolute Gasteiger partial charge is 0.463 e. The van der Waals surface area contributed by atoms with Crippen molar-refractivity contribution in [1.82, 2.24) is 25.0 Å². The van der Waals surface area contributed by atoms with Crippen LogP contribution in [0.25, 0.3) is 22.5 Å². The minimum atomic E-state index is -3.12. The highest BCUT2D eigenvalue weighted by atomic mass is 32.2. The molecule has 180 valence electrons. The second kappa shape index (κ2) is 8.86. The summed E-state index contributed by atoms with van der Waals surface area (Å²) in [6.45, 7) is 3.62. The molecule has 5 rings (SSSR count). The average molecular weight is 486 g/mol. The van der Waals surface area contributed by atoms with Crippen molar-refractivity contribution in [3.63, 3.8) is 0 Å². The summed E-state index contributed by atoms with van der Waals surface area (Å²) in [7, 11) is -3.12. The summed E-state index contributed by atoms with van der Waals surface area (Å²) >= 11 is 0. The van der Waals surface area contributed by atoms with Gasteiger partial charge in [-0.2, -0.15) is 5.10 Å². The van der Waals surface area contributed by atoms with Crippen molar-refractivity contribution in [2.24, 2.45) is 0 Å². The minimum Gasteiger partial charge on any atom is -0.463 e. The van der Waals surface area contributed by atoms with Gasteiger partial charge in [0.1, 0.15) is 5.69 Å². The van der Waals surface area contributed by atoms with Crippen LogP contribution in [0.15, 0.2) is 28.9 Å². The molecule has 2 aliphatic rings. The molecule has 0 aromatic carbocycles. The van der Waals surface area contributed by atoms with E-state index in [9.17, 15) is 18.0 Å². The van der Waals surface area contributed by atoms with Gasteiger partial charge in [0.25, 0.3) is 5.91 Å². The van der Waals surface area contributed by atoms with E-state index in [1.165, 1.54) is 6.26 Å². The van der Waals surface area contributed by atoms with E-state index in [4.69, 9.17) is 9.40 Å². The summed E-state index contributed by atoms with van der Waals surface area (Å²) in [5, 5.41) is 8.15. The summed E-state index contributed by atoms with van der Waals surface area (Å²) in [5.41, 5.74) is 1.98. The lowest BCUT2D eigenvalue weighted by Crippen LogP contribution is -2.30. The third-order valence-corrected chi connectivity index (χ3v) is 8.22.